The van der Waals surface area contributed by atoms with Crippen molar-refractivity contribution in [1.29, 1.82) is 0 Å². The summed E-state index contributed by atoms with van der Waals surface area (Å²) in [5.41, 5.74) is 2.84. The molecule has 6 heteroatoms. The Bertz CT molecular complexity index is 581. The first-order chi connectivity index (χ1) is 10.8. The highest BCUT2D eigenvalue weighted by atomic mass is 16.6. The van der Waals surface area contributed by atoms with Crippen LogP contribution in [0.15, 0.2) is 47.3 Å². The van der Waals surface area contributed by atoms with Crippen LogP contribution >= 0.6 is 0 Å². The van der Waals surface area contributed by atoms with E-state index in [0.29, 0.717) is 12.2 Å². The number of hydrogen-bond donors (Lipinski definition) is 1. The van der Waals surface area contributed by atoms with Crippen molar-refractivity contribution in [1.82, 2.24) is 10.5 Å². The maximum Gasteiger partial charge on any atom is 0.243 e. The third kappa shape index (κ3) is 5.49. The minimum Gasteiger partial charge on any atom is -0.469 e. The van der Waals surface area contributed by atoms with Gasteiger partial charge < -0.3 is 4.42 Å². The van der Waals surface area contributed by atoms with Crippen LogP contribution in [0.5, 0.6) is 0 Å². The standard InChI is InChI=1S/C16H18N2O4/c19-15(13-4-1-9-17-12-13)7-8-16(20)18-22-11-3-6-14-5-2-10-21-14/h1-2,4-5,9-10,12H,3,6-8,11H2,(H,18,20). The molecule has 0 aliphatic carbocycles. The highest BCUT2D eigenvalue weighted by Crippen LogP contribution is 2.04. The lowest BCUT2D eigenvalue weighted by Crippen LogP contribution is -2.24. The fourth-order valence-corrected chi connectivity index (χ4v) is 1.86. The van der Waals surface area contributed by atoms with E-state index in [-0.39, 0.29) is 24.5 Å². The van der Waals surface area contributed by atoms with Crippen LogP contribution in [0.2, 0.25) is 0 Å². The Labute approximate surface area is 128 Å². The molecule has 2 heterocycles. The van der Waals surface area contributed by atoms with Gasteiger partial charge in [-0.3, -0.25) is 19.4 Å². The zero-order valence-electron chi connectivity index (χ0n) is 12.2. The number of aromatic nitrogens is 1. The predicted octanol–water partition coefficient (Wildman–Crippen LogP) is 2.32. The number of nitrogens with zero attached hydrogens (tertiary/aromatic N) is 1. The Morgan fingerprint density at radius 2 is 2.14 bits per heavy atom. The van der Waals surface area contributed by atoms with Crippen LogP contribution in [-0.2, 0) is 16.1 Å². The van der Waals surface area contributed by atoms with E-state index in [4.69, 9.17) is 9.25 Å². The summed E-state index contributed by atoms with van der Waals surface area (Å²) in [6.07, 6.45) is 6.42. The number of rotatable bonds is 9. The third-order valence-corrected chi connectivity index (χ3v) is 3.00. The number of ketones is 1. The minimum atomic E-state index is -0.310. The van der Waals surface area contributed by atoms with Crippen LogP contribution in [0.4, 0.5) is 0 Å². The zero-order valence-corrected chi connectivity index (χ0v) is 12.2. The number of pyridine rings is 1. The number of hydroxylamine groups is 1. The number of furan rings is 1. The lowest BCUT2D eigenvalue weighted by atomic mass is 10.1. The molecular weight excluding hydrogens is 284 g/mol. The third-order valence-electron chi connectivity index (χ3n) is 3.00. The van der Waals surface area contributed by atoms with Crippen molar-refractivity contribution in [2.45, 2.75) is 25.7 Å². The van der Waals surface area contributed by atoms with Crippen molar-refractivity contribution < 1.29 is 18.8 Å². The number of hydrogen-bond acceptors (Lipinski definition) is 5. The molecule has 0 saturated heterocycles. The molecule has 2 aromatic rings. The molecule has 0 aliphatic rings. The summed E-state index contributed by atoms with van der Waals surface area (Å²) in [5, 5.41) is 0. The first kappa shape index (κ1) is 15.9. The van der Waals surface area contributed by atoms with Gasteiger partial charge in [-0.15, -0.1) is 0 Å². The number of aryl methyl sites for hydroxylation is 1. The molecule has 116 valence electrons. The highest BCUT2D eigenvalue weighted by Gasteiger charge is 2.09. The second-order valence-corrected chi connectivity index (χ2v) is 4.72. The molecule has 22 heavy (non-hydrogen) atoms. The fourth-order valence-electron chi connectivity index (χ4n) is 1.86. The van der Waals surface area contributed by atoms with Gasteiger partial charge in [-0.05, 0) is 30.7 Å². The molecule has 0 aromatic carbocycles. The van der Waals surface area contributed by atoms with Crippen molar-refractivity contribution in [2.75, 3.05) is 6.61 Å². The first-order valence-corrected chi connectivity index (χ1v) is 7.12. The summed E-state index contributed by atoms with van der Waals surface area (Å²) in [5.74, 6) is 0.466. The fraction of sp³-hybridized carbons (Fsp3) is 0.312. The first-order valence-electron chi connectivity index (χ1n) is 7.12. The molecule has 2 rings (SSSR count). The maximum atomic E-state index is 11.8. The van der Waals surface area contributed by atoms with Gasteiger partial charge in [0.15, 0.2) is 5.78 Å². The Morgan fingerprint density at radius 3 is 2.86 bits per heavy atom. The molecule has 6 nitrogen and oxygen atoms in total. The molecule has 1 N–H and O–H groups in total. The van der Waals surface area contributed by atoms with E-state index in [1.54, 1.807) is 24.6 Å². The van der Waals surface area contributed by atoms with Crippen molar-refractivity contribution in [3.8, 4) is 0 Å². The normalized spacial score (nSPS) is 10.4. The summed E-state index contributed by atoms with van der Waals surface area (Å²) in [6.45, 7) is 0.392. The van der Waals surface area contributed by atoms with Crippen LogP contribution in [-0.4, -0.2) is 23.3 Å². The lowest BCUT2D eigenvalue weighted by molar-refractivity contribution is -0.133. The van der Waals surface area contributed by atoms with Crippen LogP contribution in [0.25, 0.3) is 0 Å². The van der Waals surface area contributed by atoms with Crippen molar-refractivity contribution in [2.24, 2.45) is 0 Å². The Balaban J connectivity index is 1.55. The van der Waals surface area contributed by atoms with Gasteiger partial charge in [0.25, 0.3) is 0 Å². The van der Waals surface area contributed by atoms with Crippen LogP contribution in [0, 0.1) is 0 Å². The lowest BCUT2D eigenvalue weighted by Gasteiger charge is -2.05. The average Bonchev–Trinajstić information content (AvgIpc) is 3.06. The molecular formula is C16H18N2O4. The number of carbonyl (C=O) groups excluding carboxylic acids is 2. The van der Waals surface area contributed by atoms with Crippen LogP contribution in [0.3, 0.4) is 0 Å². The Morgan fingerprint density at radius 1 is 1.23 bits per heavy atom. The number of amides is 1. The number of Topliss-reactive ketones (excluding diaryl/α,β-unsaturated/α-hetero) is 1. The summed E-state index contributed by atoms with van der Waals surface area (Å²) in [7, 11) is 0. The van der Waals surface area contributed by atoms with Gasteiger partial charge in [0, 0.05) is 37.2 Å². The van der Waals surface area contributed by atoms with E-state index < -0.39 is 0 Å². The molecule has 0 aliphatic heterocycles. The van der Waals surface area contributed by atoms with Crippen molar-refractivity contribution >= 4 is 11.7 Å². The molecule has 0 spiro atoms. The summed E-state index contributed by atoms with van der Waals surface area (Å²) >= 11 is 0. The van der Waals surface area contributed by atoms with Gasteiger partial charge in [-0.25, -0.2) is 5.48 Å². The summed E-state index contributed by atoms with van der Waals surface area (Å²) < 4.78 is 5.18. The maximum absolute atomic E-state index is 11.8. The van der Waals surface area contributed by atoms with Gasteiger partial charge in [0.2, 0.25) is 5.91 Å². The van der Waals surface area contributed by atoms with Crippen molar-refractivity contribution in [3.05, 3.63) is 54.2 Å². The van der Waals surface area contributed by atoms with E-state index in [9.17, 15) is 9.59 Å². The van der Waals surface area contributed by atoms with E-state index >= 15 is 0 Å². The molecule has 0 unspecified atom stereocenters. The van der Waals surface area contributed by atoms with E-state index in [2.05, 4.69) is 10.5 Å². The Hall–Kier alpha value is -2.47. The predicted molar refractivity (Wildman–Crippen MR) is 78.9 cm³/mol. The van der Waals surface area contributed by atoms with E-state index in [0.717, 1.165) is 18.6 Å². The molecule has 0 saturated carbocycles. The molecule has 0 radical (unpaired) electrons. The number of carbonyl (C=O) groups is 2. The average molecular weight is 302 g/mol. The molecule has 0 fully saturated rings. The topological polar surface area (TPSA) is 81.4 Å². The Kier molecular flexibility index (Phi) is 6.32. The van der Waals surface area contributed by atoms with Gasteiger partial charge in [0.1, 0.15) is 5.76 Å². The smallest absolute Gasteiger partial charge is 0.243 e. The van der Waals surface area contributed by atoms with E-state index in [1.165, 1.54) is 6.20 Å². The largest absolute Gasteiger partial charge is 0.469 e. The number of nitrogens with one attached hydrogen (secondary N) is 1. The molecule has 1 amide bonds. The van der Waals surface area contributed by atoms with Gasteiger partial charge in [-0.1, -0.05) is 0 Å². The van der Waals surface area contributed by atoms with Crippen LogP contribution in [0.1, 0.15) is 35.4 Å². The highest BCUT2D eigenvalue weighted by molar-refractivity contribution is 5.97. The molecule has 0 bridgehead atoms. The SMILES string of the molecule is O=C(CCC(=O)c1cccnc1)NOCCCc1ccco1. The second-order valence-electron chi connectivity index (χ2n) is 4.72. The summed E-state index contributed by atoms with van der Waals surface area (Å²) in [4.78, 5) is 32.3. The summed E-state index contributed by atoms with van der Waals surface area (Å²) in [6, 6.07) is 7.09. The van der Waals surface area contributed by atoms with E-state index in [1.807, 2.05) is 12.1 Å². The monoisotopic (exact) mass is 302 g/mol. The van der Waals surface area contributed by atoms with Crippen LogP contribution < -0.4 is 5.48 Å². The second kappa shape index (κ2) is 8.74. The van der Waals surface area contributed by atoms with Crippen molar-refractivity contribution in [3.63, 3.8) is 0 Å². The minimum absolute atomic E-state index is 0.0892. The zero-order chi connectivity index (χ0) is 15.6. The molecule has 2 aromatic heterocycles. The van der Waals surface area contributed by atoms with Gasteiger partial charge in [0.05, 0.1) is 12.9 Å². The van der Waals surface area contributed by atoms with Gasteiger partial charge in [-0.2, -0.15) is 0 Å². The van der Waals surface area contributed by atoms with Gasteiger partial charge >= 0.3 is 0 Å². The molecule has 0 atom stereocenters. The quantitative estimate of drug-likeness (QED) is 0.437.